The molecule has 0 bridgehead atoms. The van der Waals surface area contributed by atoms with Gasteiger partial charge in [-0.15, -0.1) is 0 Å². The topological polar surface area (TPSA) is 58.6 Å². The van der Waals surface area contributed by atoms with Crippen LogP contribution in [-0.2, 0) is 9.53 Å². The number of carbonyl (C=O) groups is 1. The van der Waals surface area contributed by atoms with Crippen LogP contribution in [0.1, 0.15) is 59.8 Å². The molecule has 4 nitrogen and oxygen atoms in total. The van der Waals surface area contributed by atoms with E-state index in [1.165, 1.54) is 25.7 Å². The lowest BCUT2D eigenvalue weighted by Gasteiger charge is -2.31. The van der Waals surface area contributed by atoms with Gasteiger partial charge in [-0.3, -0.25) is 10.1 Å². The van der Waals surface area contributed by atoms with Crippen LogP contribution in [0.4, 0.5) is 0 Å². The SMILES string of the molecule is CC(C)NC(C)(CC(C)OCC1CCCC1)C(=O)O. The molecule has 19 heavy (non-hydrogen) atoms. The number of rotatable bonds is 8. The van der Waals surface area contributed by atoms with Crippen LogP contribution in [-0.4, -0.2) is 35.4 Å². The van der Waals surface area contributed by atoms with Gasteiger partial charge in [0.15, 0.2) is 0 Å². The van der Waals surface area contributed by atoms with E-state index >= 15 is 0 Å². The molecule has 0 radical (unpaired) electrons. The van der Waals surface area contributed by atoms with E-state index in [9.17, 15) is 9.90 Å². The van der Waals surface area contributed by atoms with E-state index in [1.54, 1.807) is 6.92 Å². The van der Waals surface area contributed by atoms with Crippen LogP contribution in [0.5, 0.6) is 0 Å². The summed E-state index contributed by atoms with van der Waals surface area (Å²) in [4.78, 5) is 11.4. The average molecular weight is 271 g/mol. The molecule has 2 N–H and O–H groups in total. The number of hydrogen-bond acceptors (Lipinski definition) is 3. The number of ether oxygens (including phenoxy) is 1. The largest absolute Gasteiger partial charge is 0.480 e. The molecule has 1 fully saturated rings. The van der Waals surface area contributed by atoms with Gasteiger partial charge >= 0.3 is 5.97 Å². The molecule has 0 amide bonds. The third-order valence-corrected chi connectivity index (χ3v) is 3.87. The van der Waals surface area contributed by atoms with Gasteiger partial charge in [-0.1, -0.05) is 12.8 Å². The molecular formula is C15H29NO3. The van der Waals surface area contributed by atoms with Crippen molar-refractivity contribution in [3.05, 3.63) is 0 Å². The molecule has 4 heteroatoms. The maximum absolute atomic E-state index is 11.4. The highest BCUT2D eigenvalue weighted by molar-refractivity contribution is 5.78. The quantitative estimate of drug-likeness (QED) is 0.712. The average Bonchev–Trinajstić information content (AvgIpc) is 2.77. The molecule has 0 aromatic rings. The number of carboxylic acids is 1. The second kappa shape index (κ2) is 7.25. The fourth-order valence-electron chi connectivity index (χ4n) is 2.96. The van der Waals surface area contributed by atoms with Gasteiger partial charge in [0.1, 0.15) is 5.54 Å². The van der Waals surface area contributed by atoms with Crippen molar-refractivity contribution in [2.24, 2.45) is 5.92 Å². The fourth-order valence-corrected chi connectivity index (χ4v) is 2.96. The third kappa shape index (κ3) is 5.49. The predicted molar refractivity (Wildman–Crippen MR) is 76.3 cm³/mol. The zero-order chi connectivity index (χ0) is 14.5. The number of aliphatic carboxylic acids is 1. The summed E-state index contributed by atoms with van der Waals surface area (Å²) in [6.45, 7) is 8.41. The van der Waals surface area contributed by atoms with E-state index in [0.717, 1.165) is 6.61 Å². The lowest BCUT2D eigenvalue weighted by atomic mass is 9.94. The number of carboxylic acid groups (broad SMARTS) is 1. The zero-order valence-electron chi connectivity index (χ0n) is 12.7. The van der Waals surface area contributed by atoms with Gasteiger partial charge in [-0.05, 0) is 46.5 Å². The highest BCUT2D eigenvalue weighted by Crippen LogP contribution is 2.26. The van der Waals surface area contributed by atoms with Gasteiger partial charge in [-0.25, -0.2) is 0 Å². The Morgan fingerprint density at radius 2 is 1.95 bits per heavy atom. The molecule has 2 atom stereocenters. The molecule has 0 aromatic carbocycles. The molecule has 2 unspecified atom stereocenters. The molecule has 0 heterocycles. The van der Waals surface area contributed by atoms with E-state index in [-0.39, 0.29) is 12.1 Å². The number of hydrogen-bond donors (Lipinski definition) is 2. The van der Waals surface area contributed by atoms with Crippen molar-refractivity contribution in [1.82, 2.24) is 5.32 Å². The van der Waals surface area contributed by atoms with Gasteiger partial charge in [0, 0.05) is 19.1 Å². The van der Waals surface area contributed by atoms with Gasteiger partial charge in [0.05, 0.1) is 6.10 Å². The summed E-state index contributed by atoms with van der Waals surface area (Å²) in [6, 6.07) is 0.142. The van der Waals surface area contributed by atoms with Gasteiger partial charge < -0.3 is 9.84 Å². The highest BCUT2D eigenvalue weighted by atomic mass is 16.5. The minimum atomic E-state index is -0.913. The molecule has 0 spiro atoms. The maximum atomic E-state index is 11.4. The van der Waals surface area contributed by atoms with Crippen molar-refractivity contribution in [3.63, 3.8) is 0 Å². The fraction of sp³-hybridized carbons (Fsp3) is 0.933. The van der Waals surface area contributed by atoms with Crippen molar-refractivity contribution < 1.29 is 14.6 Å². The Kier molecular flexibility index (Phi) is 6.27. The minimum Gasteiger partial charge on any atom is -0.480 e. The predicted octanol–water partition coefficient (Wildman–Crippen LogP) is 2.81. The van der Waals surface area contributed by atoms with Gasteiger partial charge in [0.25, 0.3) is 0 Å². The lowest BCUT2D eigenvalue weighted by molar-refractivity contribution is -0.146. The summed E-state index contributed by atoms with van der Waals surface area (Å²) in [5.74, 6) is -0.130. The summed E-state index contributed by atoms with van der Waals surface area (Å²) < 4.78 is 5.85. The van der Waals surface area contributed by atoms with E-state index < -0.39 is 11.5 Å². The van der Waals surface area contributed by atoms with Crippen LogP contribution in [0.25, 0.3) is 0 Å². The van der Waals surface area contributed by atoms with Crippen LogP contribution >= 0.6 is 0 Å². The monoisotopic (exact) mass is 271 g/mol. The molecule has 112 valence electrons. The van der Waals surface area contributed by atoms with E-state index in [0.29, 0.717) is 12.3 Å². The minimum absolute atomic E-state index is 0.0343. The second-order valence-corrected chi connectivity index (χ2v) is 6.43. The molecule has 0 saturated heterocycles. The summed E-state index contributed by atoms with van der Waals surface area (Å²) in [7, 11) is 0. The van der Waals surface area contributed by atoms with Crippen molar-refractivity contribution >= 4 is 5.97 Å². The van der Waals surface area contributed by atoms with Crippen molar-refractivity contribution in [2.45, 2.75) is 77.5 Å². The van der Waals surface area contributed by atoms with Gasteiger partial charge in [0.2, 0.25) is 0 Å². The van der Waals surface area contributed by atoms with Crippen molar-refractivity contribution in [3.8, 4) is 0 Å². The third-order valence-electron chi connectivity index (χ3n) is 3.87. The Morgan fingerprint density at radius 3 is 2.42 bits per heavy atom. The van der Waals surface area contributed by atoms with Crippen LogP contribution in [0.2, 0.25) is 0 Å². The Balaban J connectivity index is 2.41. The first-order valence-corrected chi connectivity index (χ1v) is 7.46. The van der Waals surface area contributed by atoms with Crippen LogP contribution in [0.15, 0.2) is 0 Å². The lowest BCUT2D eigenvalue weighted by Crippen LogP contribution is -2.54. The summed E-state index contributed by atoms with van der Waals surface area (Å²) in [5.41, 5.74) is -0.913. The normalized spacial score (nSPS) is 21.5. The molecule has 0 aromatic heterocycles. The van der Waals surface area contributed by atoms with Gasteiger partial charge in [-0.2, -0.15) is 0 Å². The smallest absolute Gasteiger partial charge is 0.323 e. The summed E-state index contributed by atoms with van der Waals surface area (Å²) in [6.07, 6.45) is 5.59. The Labute approximate surface area is 116 Å². The standard InChI is InChI=1S/C15H29NO3/c1-11(2)16-15(4,14(17)18)9-12(3)19-10-13-7-5-6-8-13/h11-13,16H,5-10H2,1-4H3,(H,17,18). The Bertz CT molecular complexity index is 287. The van der Waals surface area contributed by atoms with Crippen molar-refractivity contribution in [2.75, 3.05) is 6.61 Å². The van der Waals surface area contributed by atoms with E-state index in [2.05, 4.69) is 5.32 Å². The zero-order valence-corrected chi connectivity index (χ0v) is 12.7. The molecule has 1 rings (SSSR count). The second-order valence-electron chi connectivity index (χ2n) is 6.43. The molecule has 1 saturated carbocycles. The van der Waals surface area contributed by atoms with E-state index in [4.69, 9.17) is 4.74 Å². The van der Waals surface area contributed by atoms with Crippen molar-refractivity contribution in [1.29, 1.82) is 0 Å². The number of nitrogens with one attached hydrogen (secondary N) is 1. The van der Waals surface area contributed by atoms with Crippen LogP contribution in [0, 0.1) is 5.92 Å². The highest BCUT2D eigenvalue weighted by Gasteiger charge is 2.35. The Morgan fingerprint density at radius 1 is 1.37 bits per heavy atom. The first kappa shape index (κ1) is 16.4. The molecular weight excluding hydrogens is 242 g/mol. The molecule has 1 aliphatic rings. The molecule has 1 aliphatic carbocycles. The van der Waals surface area contributed by atoms with Crippen LogP contribution < -0.4 is 5.32 Å². The Hall–Kier alpha value is -0.610. The molecule has 0 aliphatic heterocycles. The van der Waals surface area contributed by atoms with E-state index in [1.807, 2.05) is 20.8 Å². The summed E-state index contributed by atoms with van der Waals surface area (Å²) in [5, 5.41) is 12.5. The maximum Gasteiger partial charge on any atom is 0.323 e. The summed E-state index contributed by atoms with van der Waals surface area (Å²) >= 11 is 0. The first-order chi connectivity index (χ1) is 8.83. The van der Waals surface area contributed by atoms with Crippen LogP contribution in [0.3, 0.4) is 0 Å². The first-order valence-electron chi connectivity index (χ1n) is 7.46.